The van der Waals surface area contributed by atoms with Crippen molar-refractivity contribution in [3.05, 3.63) is 47.4 Å². The van der Waals surface area contributed by atoms with Crippen molar-refractivity contribution in [3.63, 3.8) is 0 Å². The number of amides is 1. The first-order valence-electron chi connectivity index (χ1n) is 5.40. The van der Waals surface area contributed by atoms with Gasteiger partial charge in [-0.05, 0) is 37.6 Å². The summed E-state index contributed by atoms with van der Waals surface area (Å²) in [4.78, 5) is 15.7. The van der Waals surface area contributed by atoms with E-state index in [0.717, 1.165) is 0 Å². The van der Waals surface area contributed by atoms with Crippen LogP contribution in [0.2, 0.25) is 0 Å². The quantitative estimate of drug-likeness (QED) is 0.903. The zero-order valence-corrected chi connectivity index (χ0v) is 9.98. The van der Waals surface area contributed by atoms with Gasteiger partial charge in [-0.25, -0.2) is 4.39 Å². The van der Waals surface area contributed by atoms with Crippen LogP contribution in [0.25, 0.3) is 0 Å². The minimum absolute atomic E-state index is 0.267. The van der Waals surface area contributed by atoms with Gasteiger partial charge in [-0.3, -0.25) is 4.79 Å². The second-order valence-electron chi connectivity index (χ2n) is 4.00. The van der Waals surface area contributed by atoms with Crippen LogP contribution in [0, 0.1) is 12.7 Å². The first kappa shape index (κ1) is 12.2. The molecule has 2 aromatic rings. The van der Waals surface area contributed by atoms with Crippen LogP contribution in [0.4, 0.5) is 4.39 Å². The molecule has 0 aliphatic rings. The summed E-state index contributed by atoms with van der Waals surface area (Å²) in [5, 5.41) is 6.29. The van der Waals surface area contributed by atoms with Crippen LogP contribution in [-0.2, 0) is 0 Å². The van der Waals surface area contributed by atoms with Gasteiger partial charge < -0.3 is 9.84 Å². The Kier molecular flexibility index (Phi) is 3.36. The largest absolute Gasteiger partial charge is 0.343 e. The first-order valence-corrected chi connectivity index (χ1v) is 5.40. The molecule has 1 aromatic carbocycles. The zero-order valence-electron chi connectivity index (χ0n) is 9.98. The van der Waals surface area contributed by atoms with E-state index in [4.69, 9.17) is 0 Å². The Labute approximate surface area is 103 Å². The average Bonchev–Trinajstić information content (AvgIpc) is 2.80. The van der Waals surface area contributed by atoms with Gasteiger partial charge in [0.25, 0.3) is 5.91 Å². The van der Waals surface area contributed by atoms with Crippen LogP contribution in [0.15, 0.2) is 29.1 Å². The monoisotopic (exact) mass is 249 g/mol. The van der Waals surface area contributed by atoms with Gasteiger partial charge in [0.05, 0.1) is 6.04 Å². The fraction of sp³-hybridized carbons (Fsp3) is 0.250. The van der Waals surface area contributed by atoms with E-state index in [-0.39, 0.29) is 11.5 Å². The summed E-state index contributed by atoms with van der Waals surface area (Å²) in [5.41, 5.74) is 0.954. The molecule has 1 heterocycles. The molecule has 0 unspecified atom stereocenters. The van der Waals surface area contributed by atoms with Crippen molar-refractivity contribution in [2.45, 2.75) is 19.9 Å². The van der Waals surface area contributed by atoms with E-state index in [0.29, 0.717) is 11.4 Å². The van der Waals surface area contributed by atoms with Crippen molar-refractivity contribution >= 4 is 5.91 Å². The number of aryl methyl sites for hydroxylation is 1. The summed E-state index contributed by atoms with van der Waals surface area (Å²) in [6, 6.07) is 3.76. The number of benzene rings is 1. The number of aromatic nitrogens is 2. The fourth-order valence-electron chi connectivity index (χ4n) is 1.58. The predicted molar refractivity (Wildman–Crippen MR) is 61.3 cm³/mol. The Morgan fingerprint density at radius 2 is 2.22 bits per heavy atom. The van der Waals surface area contributed by atoms with Crippen molar-refractivity contribution in [2.24, 2.45) is 0 Å². The summed E-state index contributed by atoms with van der Waals surface area (Å²) in [6.07, 6.45) is 1.18. The molecule has 1 N–H and O–H groups in total. The zero-order chi connectivity index (χ0) is 13.1. The molecule has 18 heavy (non-hydrogen) atoms. The summed E-state index contributed by atoms with van der Waals surface area (Å²) >= 11 is 0. The molecule has 6 heteroatoms. The molecule has 1 atom stereocenters. The van der Waals surface area contributed by atoms with E-state index in [9.17, 15) is 9.18 Å². The second kappa shape index (κ2) is 4.95. The highest BCUT2D eigenvalue weighted by molar-refractivity contribution is 5.94. The van der Waals surface area contributed by atoms with Crippen molar-refractivity contribution in [2.75, 3.05) is 0 Å². The minimum Gasteiger partial charge on any atom is -0.343 e. The Hall–Kier alpha value is -2.24. The maximum absolute atomic E-state index is 13.2. The van der Waals surface area contributed by atoms with Crippen molar-refractivity contribution in [3.8, 4) is 0 Å². The lowest BCUT2D eigenvalue weighted by atomic mass is 10.1. The molecular weight excluding hydrogens is 237 g/mol. The average molecular weight is 249 g/mol. The number of rotatable bonds is 3. The maximum atomic E-state index is 13.2. The highest BCUT2D eigenvalue weighted by Gasteiger charge is 2.15. The number of hydrogen-bond acceptors (Lipinski definition) is 4. The molecule has 94 valence electrons. The molecule has 0 aliphatic heterocycles. The van der Waals surface area contributed by atoms with Crippen molar-refractivity contribution in [1.82, 2.24) is 15.5 Å². The van der Waals surface area contributed by atoms with Gasteiger partial charge in [0.1, 0.15) is 5.82 Å². The van der Waals surface area contributed by atoms with Crippen LogP contribution in [-0.4, -0.2) is 16.0 Å². The Balaban J connectivity index is 2.12. The normalized spacial score (nSPS) is 12.2. The molecule has 1 aromatic heterocycles. The van der Waals surface area contributed by atoms with Crippen LogP contribution in [0.5, 0.6) is 0 Å². The van der Waals surface area contributed by atoms with Gasteiger partial charge in [0, 0.05) is 5.56 Å². The lowest BCUT2D eigenvalue weighted by Crippen LogP contribution is -2.27. The molecule has 0 bridgehead atoms. The molecule has 0 saturated heterocycles. The Morgan fingerprint density at radius 3 is 2.83 bits per heavy atom. The first-order chi connectivity index (χ1) is 8.56. The van der Waals surface area contributed by atoms with E-state index in [2.05, 4.69) is 20.0 Å². The van der Waals surface area contributed by atoms with Crippen molar-refractivity contribution in [1.29, 1.82) is 0 Å². The topological polar surface area (TPSA) is 68.0 Å². The minimum atomic E-state index is -0.438. The van der Waals surface area contributed by atoms with E-state index >= 15 is 0 Å². The maximum Gasteiger partial charge on any atom is 0.251 e. The number of nitrogens with zero attached hydrogens (tertiary/aromatic N) is 2. The van der Waals surface area contributed by atoms with Gasteiger partial charge in [-0.2, -0.15) is 4.98 Å². The fourth-order valence-corrected chi connectivity index (χ4v) is 1.58. The van der Waals surface area contributed by atoms with Crippen LogP contribution < -0.4 is 5.32 Å². The van der Waals surface area contributed by atoms with E-state index in [1.165, 1.54) is 18.5 Å². The van der Waals surface area contributed by atoms with E-state index in [1.807, 2.05) is 0 Å². The molecule has 0 saturated carbocycles. The Bertz CT molecular complexity index is 534. The Morgan fingerprint density at radius 1 is 1.44 bits per heavy atom. The lowest BCUT2D eigenvalue weighted by molar-refractivity contribution is 0.0937. The van der Waals surface area contributed by atoms with Gasteiger partial charge in [-0.1, -0.05) is 5.16 Å². The molecule has 0 fully saturated rings. The smallest absolute Gasteiger partial charge is 0.251 e. The van der Waals surface area contributed by atoms with Gasteiger partial charge in [0.2, 0.25) is 6.39 Å². The highest BCUT2D eigenvalue weighted by atomic mass is 19.1. The summed E-state index contributed by atoms with van der Waals surface area (Å²) < 4.78 is 17.8. The molecule has 1 amide bonds. The van der Waals surface area contributed by atoms with E-state index < -0.39 is 11.9 Å². The molecule has 0 aliphatic carbocycles. The molecule has 0 radical (unpaired) electrons. The van der Waals surface area contributed by atoms with Crippen LogP contribution >= 0.6 is 0 Å². The number of halogens is 1. The number of nitrogens with one attached hydrogen (secondary N) is 1. The third-order valence-corrected chi connectivity index (χ3v) is 2.42. The summed E-state index contributed by atoms with van der Waals surface area (Å²) in [6.45, 7) is 3.44. The van der Waals surface area contributed by atoms with Crippen molar-refractivity contribution < 1.29 is 13.7 Å². The molecular formula is C12H12FN3O2. The van der Waals surface area contributed by atoms with Gasteiger partial charge in [-0.15, -0.1) is 0 Å². The molecule has 0 spiro atoms. The van der Waals surface area contributed by atoms with Gasteiger partial charge in [0.15, 0.2) is 5.82 Å². The third-order valence-electron chi connectivity index (χ3n) is 2.42. The number of hydrogen-bond donors (Lipinski definition) is 1. The third kappa shape index (κ3) is 2.71. The lowest BCUT2D eigenvalue weighted by Gasteiger charge is -2.10. The van der Waals surface area contributed by atoms with E-state index in [1.54, 1.807) is 19.9 Å². The summed E-state index contributed by atoms with van der Waals surface area (Å²) in [7, 11) is 0. The number of carbonyl (C=O) groups is 1. The molecule has 5 nitrogen and oxygen atoms in total. The van der Waals surface area contributed by atoms with Crippen LogP contribution in [0.3, 0.4) is 0 Å². The van der Waals surface area contributed by atoms with Crippen LogP contribution in [0.1, 0.15) is 34.7 Å². The second-order valence-corrected chi connectivity index (χ2v) is 4.00. The molecule has 2 rings (SSSR count). The number of carbonyl (C=O) groups excluding carboxylic acids is 1. The standard InChI is InChI=1S/C12H12FN3O2/c1-7-3-9(5-10(13)4-7)12(17)15-8(2)11-14-6-18-16-11/h3-6,8H,1-2H3,(H,15,17)/t8-/m1/s1. The summed E-state index contributed by atoms with van der Waals surface area (Å²) in [5.74, 6) is -0.446. The highest BCUT2D eigenvalue weighted by Crippen LogP contribution is 2.11. The SMILES string of the molecule is Cc1cc(F)cc(C(=O)N[C@H](C)c2ncon2)c1. The predicted octanol–water partition coefficient (Wildman–Crippen LogP) is 2.01. The van der Waals surface area contributed by atoms with Gasteiger partial charge >= 0.3 is 0 Å².